The van der Waals surface area contributed by atoms with Gasteiger partial charge in [-0.25, -0.2) is 9.97 Å². The second kappa shape index (κ2) is 5.68. The van der Waals surface area contributed by atoms with Crippen molar-refractivity contribution in [3.8, 4) is 0 Å². The number of H-pyrrole nitrogens is 1. The van der Waals surface area contributed by atoms with E-state index in [-0.39, 0.29) is 6.04 Å². The molecule has 0 aliphatic rings. The van der Waals surface area contributed by atoms with E-state index in [2.05, 4.69) is 49.9 Å². The number of rotatable bonds is 4. The van der Waals surface area contributed by atoms with Gasteiger partial charge >= 0.3 is 0 Å². The normalized spacial score (nSPS) is 12.6. The summed E-state index contributed by atoms with van der Waals surface area (Å²) in [7, 11) is 0. The lowest BCUT2D eigenvalue weighted by Crippen LogP contribution is -2.07. The van der Waals surface area contributed by atoms with Gasteiger partial charge in [0.05, 0.1) is 23.4 Å². The maximum Gasteiger partial charge on any atom is 0.173 e. The molecule has 4 aromatic rings. The summed E-state index contributed by atoms with van der Waals surface area (Å²) < 4.78 is 2.10. The van der Waals surface area contributed by atoms with Crippen LogP contribution in [0.25, 0.3) is 11.0 Å². The summed E-state index contributed by atoms with van der Waals surface area (Å²) in [6, 6.07) is 18.4. The Balaban J connectivity index is 1.61. The van der Waals surface area contributed by atoms with Crippen LogP contribution in [0.5, 0.6) is 0 Å². The van der Waals surface area contributed by atoms with Crippen LogP contribution in [0.15, 0.2) is 60.9 Å². The van der Waals surface area contributed by atoms with Gasteiger partial charge in [0.25, 0.3) is 0 Å². The molecule has 0 spiro atoms. The number of fused-ring (bicyclic) bond motifs is 1. The summed E-state index contributed by atoms with van der Waals surface area (Å²) in [5.41, 5.74) is 3.30. The fourth-order valence-electron chi connectivity index (χ4n) is 2.78. The zero-order valence-corrected chi connectivity index (χ0v) is 12.8. The predicted molar refractivity (Wildman–Crippen MR) is 89.2 cm³/mol. The molecule has 0 amide bonds. The van der Waals surface area contributed by atoms with Crippen LogP contribution < -0.4 is 0 Å². The van der Waals surface area contributed by atoms with Gasteiger partial charge in [0.15, 0.2) is 5.82 Å². The lowest BCUT2D eigenvalue weighted by atomic mass is 10.1. The van der Waals surface area contributed by atoms with Crippen molar-refractivity contribution in [2.75, 3.05) is 0 Å². The minimum absolute atomic E-state index is 0.0307. The summed E-state index contributed by atoms with van der Waals surface area (Å²) in [5.74, 6) is 1.65. The number of hydrogen-bond donors (Lipinski definition) is 1. The van der Waals surface area contributed by atoms with Gasteiger partial charge in [-0.3, -0.25) is 5.10 Å². The number of aromatic nitrogens is 5. The number of hydrogen-bond acceptors (Lipinski definition) is 3. The highest BCUT2D eigenvalue weighted by atomic mass is 15.2. The summed E-state index contributed by atoms with van der Waals surface area (Å²) in [6.07, 6.45) is 2.60. The molecule has 2 heterocycles. The van der Waals surface area contributed by atoms with Crippen molar-refractivity contribution >= 4 is 11.0 Å². The molecule has 1 unspecified atom stereocenters. The van der Waals surface area contributed by atoms with Crippen molar-refractivity contribution in [3.05, 3.63) is 78.1 Å². The Morgan fingerprint density at radius 1 is 1.04 bits per heavy atom. The molecule has 2 aromatic heterocycles. The molecule has 0 aliphatic carbocycles. The average Bonchev–Trinajstić information content (AvgIpc) is 3.22. The first kappa shape index (κ1) is 13.7. The first-order valence-electron chi connectivity index (χ1n) is 7.68. The standard InChI is InChI=1S/C18H17N5/c1-13(23-12-19-15-9-5-6-10-16(15)23)18-20-17(21-22-18)11-14-7-3-2-4-8-14/h2-10,12-13H,11H2,1H3,(H,20,21,22). The van der Waals surface area contributed by atoms with Crippen LogP contribution in [0.2, 0.25) is 0 Å². The molecule has 114 valence electrons. The Kier molecular flexibility index (Phi) is 3.38. The van der Waals surface area contributed by atoms with E-state index in [4.69, 9.17) is 0 Å². The topological polar surface area (TPSA) is 59.4 Å². The molecular weight excluding hydrogens is 286 g/mol. The summed E-state index contributed by atoms with van der Waals surface area (Å²) in [5, 5.41) is 7.44. The third-order valence-corrected chi connectivity index (χ3v) is 4.04. The zero-order chi connectivity index (χ0) is 15.6. The second-order valence-corrected chi connectivity index (χ2v) is 5.62. The monoisotopic (exact) mass is 303 g/mol. The van der Waals surface area contributed by atoms with Crippen molar-refractivity contribution in [1.29, 1.82) is 0 Å². The Morgan fingerprint density at radius 2 is 1.83 bits per heavy atom. The van der Waals surface area contributed by atoms with Crippen LogP contribution in [0.1, 0.15) is 30.2 Å². The quantitative estimate of drug-likeness (QED) is 0.629. The molecule has 5 nitrogen and oxygen atoms in total. The lowest BCUT2D eigenvalue weighted by Gasteiger charge is -2.10. The first-order valence-corrected chi connectivity index (χ1v) is 7.68. The highest BCUT2D eigenvalue weighted by Gasteiger charge is 2.16. The van der Waals surface area contributed by atoms with Crippen molar-refractivity contribution in [3.63, 3.8) is 0 Å². The average molecular weight is 303 g/mol. The molecule has 0 fully saturated rings. The van der Waals surface area contributed by atoms with E-state index in [0.29, 0.717) is 0 Å². The van der Waals surface area contributed by atoms with Crippen molar-refractivity contribution in [2.24, 2.45) is 0 Å². The number of aromatic amines is 1. The fourth-order valence-corrected chi connectivity index (χ4v) is 2.78. The molecule has 1 N–H and O–H groups in total. The van der Waals surface area contributed by atoms with Crippen molar-refractivity contribution in [1.82, 2.24) is 24.7 Å². The molecule has 23 heavy (non-hydrogen) atoms. The van der Waals surface area contributed by atoms with Crippen LogP contribution in [0.3, 0.4) is 0 Å². The van der Waals surface area contributed by atoms with Gasteiger partial charge in [0, 0.05) is 6.42 Å². The Labute approximate surface area is 134 Å². The number of nitrogens with zero attached hydrogens (tertiary/aromatic N) is 4. The summed E-state index contributed by atoms with van der Waals surface area (Å²) >= 11 is 0. The zero-order valence-electron chi connectivity index (χ0n) is 12.8. The van der Waals surface area contributed by atoms with E-state index in [1.807, 2.05) is 42.7 Å². The van der Waals surface area contributed by atoms with E-state index in [9.17, 15) is 0 Å². The van der Waals surface area contributed by atoms with E-state index < -0.39 is 0 Å². The van der Waals surface area contributed by atoms with Gasteiger partial charge in [-0.05, 0) is 24.6 Å². The summed E-state index contributed by atoms with van der Waals surface area (Å²) in [4.78, 5) is 9.09. The van der Waals surface area contributed by atoms with Crippen molar-refractivity contribution in [2.45, 2.75) is 19.4 Å². The molecule has 0 radical (unpaired) electrons. The van der Waals surface area contributed by atoms with Gasteiger partial charge in [-0.1, -0.05) is 42.5 Å². The fraction of sp³-hybridized carbons (Fsp3) is 0.167. The Hall–Kier alpha value is -2.95. The molecule has 0 saturated heterocycles. The maximum atomic E-state index is 4.65. The van der Waals surface area contributed by atoms with E-state index >= 15 is 0 Å². The number of para-hydroxylation sites is 2. The summed E-state index contributed by atoms with van der Waals surface area (Å²) in [6.45, 7) is 2.09. The van der Waals surface area contributed by atoms with Crippen LogP contribution in [-0.2, 0) is 6.42 Å². The Bertz CT molecular complexity index is 923. The SMILES string of the molecule is CC(c1n[nH]c(Cc2ccccc2)n1)n1cnc2ccccc21. The number of imidazole rings is 1. The lowest BCUT2D eigenvalue weighted by molar-refractivity contribution is 0.617. The van der Waals surface area contributed by atoms with Gasteiger partial charge in [-0.15, -0.1) is 0 Å². The predicted octanol–water partition coefficient (Wildman–Crippen LogP) is 3.35. The third-order valence-electron chi connectivity index (χ3n) is 4.04. The Morgan fingerprint density at radius 3 is 2.70 bits per heavy atom. The largest absolute Gasteiger partial charge is 0.320 e. The van der Waals surface area contributed by atoms with Crippen LogP contribution >= 0.6 is 0 Å². The van der Waals surface area contributed by atoms with Crippen LogP contribution in [0.4, 0.5) is 0 Å². The van der Waals surface area contributed by atoms with E-state index in [1.165, 1.54) is 5.56 Å². The van der Waals surface area contributed by atoms with E-state index in [1.54, 1.807) is 0 Å². The maximum absolute atomic E-state index is 4.65. The smallest absolute Gasteiger partial charge is 0.173 e. The number of benzene rings is 2. The second-order valence-electron chi connectivity index (χ2n) is 5.62. The molecular formula is C18H17N5. The van der Waals surface area contributed by atoms with Crippen LogP contribution in [0, 0.1) is 0 Å². The molecule has 0 saturated carbocycles. The molecule has 4 rings (SSSR count). The van der Waals surface area contributed by atoms with Crippen LogP contribution in [-0.4, -0.2) is 24.7 Å². The van der Waals surface area contributed by atoms with Crippen molar-refractivity contribution < 1.29 is 0 Å². The number of nitrogens with one attached hydrogen (secondary N) is 1. The minimum Gasteiger partial charge on any atom is -0.320 e. The first-order chi connectivity index (χ1) is 11.3. The van der Waals surface area contributed by atoms with Gasteiger partial charge in [0.2, 0.25) is 0 Å². The molecule has 0 bridgehead atoms. The molecule has 5 heteroatoms. The van der Waals surface area contributed by atoms with E-state index in [0.717, 1.165) is 29.1 Å². The highest BCUT2D eigenvalue weighted by molar-refractivity contribution is 5.75. The highest BCUT2D eigenvalue weighted by Crippen LogP contribution is 2.21. The van der Waals surface area contributed by atoms with Gasteiger partial charge < -0.3 is 4.57 Å². The molecule has 2 aromatic carbocycles. The minimum atomic E-state index is 0.0307. The van der Waals surface area contributed by atoms with Gasteiger partial charge in [0.1, 0.15) is 5.82 Å². The molecule has 1 atom stereocenters. The van der Waals surface area contributed by atoms with Gasteiger partial charge in [-0.2, -0.15) is 5.10 Å². The third kappa shape index (κ3) is 2.61. The molecule has 0 aliphatic heterocycles.